The monoisotopic (exact) mass is 384 g/mol. The van der Waals surface area contributed by atoms with Gasteiger partial charge in [0.2, 0.25) is 0 Å². The number of hydrogen-bond acceptors (Lipinski definition) is 6. The standard InChI is InChI=1S/C12H22O4.C9H14O2/c1-6-15-10(3)7-9(2)12(13)16-8-11(4)14-5;1-2-9(10)11-8-6-4-3-5-7-8/h10-11H,2,6-8H2,1,3-5H3;2,8H,1,3-7H2. The van der Waals surface area contributed by atoms with E-state index >= 15 is 0 Å². The van der Waals surface area contributed by atoms with Gasteiger partial charge < -0.3 is 18.9 Å². The molecule has 6 nitrogen and oxygen atoms in total. The zero-order valence-electron chi connectivity index (χ0n) is 17.3. The van der Waals surface area contributed by atoms with Crippen molar-refractivity contribution in [2.75, 3.05) is 20.3 Å². The Kier molecular flexibility index (Phi) is 14.5. The van der Waals surface area contributed by atoms with Gasteiger partial charge in [-0.2, -0.15) is 0 Å². The van der Waals surface area contributed by atoms with Crippen LogP contribution in [0.15, 0.2) is 24.8 Å². The SMILES string of the molecule is C=C(CC(C)OCC)C(=O)OCC(C)OC.C=CC(=O)OC1CCCCC1. The van der Waals surface area contributed by atoms with Gasteiger partial charge in [0.15, 0.2) is 0 Å². The fraction of sp³-hybridized carbons (Fsp3) is 0.714. The van der Waals surface area contributed by atoms with Crippen LogP contribution in [-0.2, 0) is 28.5 Å². The Hall–Kier alpha value is -1.66. The van der Waals surface area contributed by atoms with Crippen molar-refractivity contribution < 1.29 is 28.5 Å². The first-order valence-corrected chi connectivity index (χ1v) is 9.66. The van der Waals surface area contributed by atoms with E-state index < -0.39 is 0 Å². The predicted octanol–water partition coefficient (Wildman–Crippen LogP) is 3.98. The van der Waals surface area contributed by atoms with E-state index in [2.05, 4.69) is 13.2 Å². The quantitative estimate of drug-likeness (QED) is 0.419. The highest BCUT2D eigenvalue weighted by Crippen LogP contribution is 2.20. The molecule has 1 rings (SSSR count). The average Bonchev–Trinajstić information content (AvgIpc) is 2.67. The lowest BCUT2D eigenvalue weighted by atomic mass is 9.98. The molecule has 27 heavy (non-hydrogen) atoms. The van der Waals surface area contributed by atoms with E-state index in [4.69, 9.17) is 18.9 Å². The van der Waals surface area contributed by atoms with Crippen molar-refractivity contribution in [2.24, 2.45) is 0 Å². The van der Waals surface area contributed by atoms with Gasteiger partial charge in [-0.3, -0.25) is 0 Å². The number of ether oxygens (including phenoxy) is 4. The zero-order valence-corrected chi connectivity index (χ0v) is 17.3. The number of carbonyl (C=O) groups is 2. The second kappa shape index (κ2) is 15.4. The second-order valence-corrected chi connectivity index (χ2v) is 6.62. The maximum absolute atomic E-state index is 11.5. The molecule has 1 aliphatic carbocycles. The molecule has 0 aromatic heterocycles. The van der Waals surface area contributed by atoms with Crippen molar-refractivity contribution in [3.05, 3.63) is 24.8 Å². The van der Waals surface area contributed by atoms with Gasteiger partial charge in [-0.1, -0.05) is 19.6 Å². The second-order valence-electron chi connectivity index (χ2n) is 6.62. The van der Waals surface area contributed by atoms with Gasteiger partial charge in [-0.05, 0) is 46.5 Å². The van der Waals surface area contributed by atoms with E-state index in [1.165, 1.54) is 25.3 Å². The van der Waals surface area contributed by atoms with E-state index in [-0.39, 0.29) is 36.9 Å². The zero-order chi connectivity index (χ0) is 20.7. The van der Waals surface area contributed by atoms with Crippen molar-refractivity contribution in [1.29, 1.82) is 0 Å². The minimum atomic E-state index is -0.379. The summed E-state index contributed by atoms with van der Waals surface area (Å²) in [5, 5.41) is 0. The van der Waals surface area contributed by atoms with Crippen molar-refractivity contribution in [3.8, 4) is 0 Å². The Morgan fingerprint density at radius 1 is 1.15 bits per heavy atom. The third-order valence-electron chi connectivity index (χ3n) is 4.13. The van der Waals surface area contributed by atoms with Crippen LogP contribution < -0.4 is 0 Å². The average molecular weight is 385 g/mol. The van der Waals surface area contributed by atoms with E-state index in [1.807, 2.05) is 20.8 Å². The molecular weight excluding hydrogens is 348 g/mol. The molecule has 0 radical (unpaired) electrons. The first-order chi connectivity index (χ1) is 12.8. The van der Waals surface area contributed by atoms with Crippen LogP contribution in [0, 0.1) is 0 Å². The van der Waals surface area contributed by atoms with E-state index in [1.54, 1.807) is 7.11 Å². The van der Waals surface area contributed by atoms with Crippen LogP contribution in [-0.4, -0.2) is 50.6 Å². The van der Waals surface area contributed by atoms with E-state index in [0.717, 1.165) is 12.8 Å². The summed E-state index contributed by atoms with van der Waals surface area (Å²) in [6, 6.07) is 0. The Labute approximate surface area is 163 Å². The maximum atomic E-state index is 11.5. The molecule has 1 saturated carbocycles. The Morgan fingerprint density at radius 3 is 2.30 bits per heavy atom. The predicted molar refractivity (Wildman–Crippen MR) is 105 cm³/mol. The molecule has 0 bridgehead atoms. The lowest BCUT2D eigenvalue weighted by Crippen LogP contribution is -2.20. The third kappa shape index (κ3) is 13.2. The first kappa shape index (κ1) is 25.3. The summed E-state index contributed by atoms with van der Waals surface area (Å²) in [6.45, 7) is 13.6. The summed E-state index contributed by atoms with van der Waals surface area (Å²) in [7, 11) is 1.57. The first-order valence-electron chi connectivity index (χ1n) is 9.66. The molecule has 0 N–H and O–H groups in total. The van der Waals surface area contributed by atoms with E-state index in [9.17, 15) is 9.59 Å². The largest absolute Gasteiger partial charge is 0.460 e. The molecule has 0 saturated heterocycles. The van der Waals surface area contributed by atoms with Crippen LogP contribution in [0.3, 0.4) is 0 Å². The lowest BCUT2D eigenvalue weighted by Gasteiger charge is -2.20. The van der Waals surface area contributed by atoms with Crippen LogP contribution in [0.5, 0.6) is 0 Å². The van der Waals surface area contributed by atoms with Gasteiger partial charge in [0.05, 0.1) is 12.2 Å². The number of methoxy groups -OCH3 is 1. The van der Waals surface area contributed by atoms with Crippen molar-refractivity contribution in [1.82, 2.24) is 0 Å². The number of hydrogen-bond donors (Lipinski definition) is 0. The molecular formula is C21H36O6. The van der Waals surface area contributed by atoms with Crippen molar-refractivity contribution >= 4 is 11.9 Å². The molecule has 0 aromatic carbocycles. The summed E-state index contributed by atoms with van der Waals surface area (Å²) in [5.41, 5.74) is 0.434. The van der Waals surface area contributed by atoms with Gasteiger partial charge in [0, 0.05) is 31.8 Å². The van der Waals surface area contributed by atoms with Crippen molar-refractivity contribution in [3.63, 3.8) is 0 Å². The highest BCUT2D eigenvalue weighted by molar-refractivity contribution is 5.87. The normalized spacial score (nSPS) is 16.3. The molecule has 2 atom stereocenters. The van der Waals surface area contributed by atoms with Crippen LogP contribution in [0.25, 0.3) is 0 Å². The van der Waals surface area contributed by atoms with Gasteiger partial charge in [-0.25, -0.2) is 9.59 Å². The Balaban J connectivity index is 0.000000533. The minimum Gasteiger partial charge on any atom is -0.460 e. The smallest absolute Gasteiger partial charge is 0.333 e. The van der Waals surface area contributed by atoms with Gasteiger partial charge in [0.1, 0.15) is 12.7 Å². The summed E-state index contributed by atoms with van der Waals surface area (Å²) in [6.07, 6.45) is 7.49. The number of carbonyl (C=O) groups excluding carboxylic acids is 2. The van der Waals surface area contributed by atoms with E-state index in [0.29, 0.717) is 18.6 Å². The minimum absolute atomic E-state index is 0.00935. The van der Waals surface area contributed by atoms with Crippen LogP contribution in [0.2, 0.25) is 0 Å². The fourth-order valence-electron chi connectivity index (χ4n) is 2.53. The van der Waals surface area contributed by atoms with Crippen LogP contribution in [0.1, 0.15) is 59.3 Å². The topological polar surface area (TPSA) is 71.1 Å². The van der Waals surface area contributed by atoms with Crippen molar-refractivity contribution in [2.45, 2.75) is 77.6 Å². The van der Waals surface area contributed by atoms with Gasteiger partial charge in [-0.15, -0.1) is 0 Å². The third-order valence-corrected chi connectivity index (χ3v) is 4.13. The number of rotatable bonds is 10. The Bertz CT molecular complexity index is 454. The molecule has 6 heteroatoms. The summed E-state index contributed by atoms with van der Waals surface area (Å²) in [5.74, 6) is -0.660. The molecule has 0 aliphatic heterocycles. The maximum Gasteiger partial charge on any atom is 0.333 e. The van der Waals surface area contributed by atoms with Crippen LogP contribution >= 0.6 is 0 Å². The molecule has 0 amide bonds. The Morgan fingerprint density at radius 2 is 1.78 bits per heavy atom. The molecule has 156 valence electrons. The lowest BCUT2D eigenvalue weighted by molar-refractivity contribution is -0.144. The van der Waals surface area contributed by atoms with Crippen LogP contribution in [0.4, 0.5) is 0 Å². The van der Waals surface area contributed by atoms with Gasteiger partial charge >= 0.3 is 11.9 Å². The highest BCUT2D eigenvalue weighted by atomic mass is 16.6. The fourth-order valence-corrected chi connectivity index (χ4v) is 2.53. The molecule has 0 aromatic rings. The molecule has 1 aliphatic rings. The molecule has 1 fully saturated rings. The summed E-state index contributed by atoms with van der Waals surface area (Å²) < 4.78 is 20.4. The molecule has 0 spiro atoms. The highest BCUT2D eigenvalue weighted by Gasteiger charge is 2.16. The molecule has 2 unspecified atom stereocenters. The molecule has 0 heterocycles. The van der Waals surface area contributed by atoms with Gasteiger partial charge in [0.25, 0.3) is 0 Å². The number of esters is 2. The summed E-state index contributed by atoms with van der Waals surface area (Å²) >= 11 is 0. The summed E-state index contributed by atoms with van der Waals surface area (Å²) in [4.78, 5) is 22.2.